The first-order valence-corrected chi connectivity index (χ1v) is 22.9. The Morgan fingerprint density at radius 3 is 2.18 bits per heavy atom. The van der Waals surface area contributed by atoms with Crippen molar-refractivity contribution in [2.75, 3.05) is 0 Å². The quantitative estimate of drug-likeness (QED) is 0.247. The van der Waals surface area contributed by atoms with Crippen molar-refractivity contribution < 1.29 is 0 Å². The summed E-state index contributed by atoms with van der Waals surface area (Å²) in [5.74, 6) is 2.53. The molecule has 0 radical (unpaired) electrons. The van der Waals surface area contributed by atoms with Crippen molar-refractivity contribution in [2.45, 2.75) is 147 Å². The SMILES string of the molecule is C1=CCCC(C2NC(C3=CCCCC3)NC(C3C=CCC(C4=CCCC(C5C=C6C(=CC5)C5=C(CCCC5)C65C6=C(CCC=C6)C6=C5C=CCC6)C4)C3)N2)=C1. The van der Waals surface area contributed by atoms with Crippen LogP contribution in [0.3, 0.4) is 0 Å². The maximum absolute atomic E-state index is 4.11. The van der Waals surface area contributed by atoms with Gasteiger partial charge in [-0.25, -0.2) is 0 Å². The molecule has 10 aliphatic carbocycles. The Bertz CT molecular complexity index is 1950. The summed E-state index contributed by atoms with van der Waals surface area (Å²) < 4.78 is 0. The van der Waals surface area contributed by atoms with Gasteiger partial charge in [-0.1, -0.05) is 84.6 Å². The van der Waals surface area contributed by atoms with E-state index in [0.717, 1.165) is 18.8 Å². The maximum Gasteiger partial charge on any atom is 0.0824 e. The minimum atomic E-state index is 0.00961. The van der Waals surface area contributed by atoms with E-state index in [1.165, 1.54) is 121 Å². The molecule has 1 aliphatic heterocycles. The lowest BCUT2D eigenvalue weighted by Crippen LogP contribution is -2.70. The number of hydrogen-bond acceptors (Lipinski definition) is 3. The van der Waals surface area contributed by atoms with E-state index in [4.69, 9.17) is 0 Å². The molecule has 1 fully saturated rings. The molecule has 0 aromatic carbocycles. The van der Waals surface area contributed by atoms with Gasteiger partial charge in [0.15, 0.2) is 0 Å². The highest BCUT2D eigenvalue weighted by molar-refractivity contribution is 5.80. The van der Waals surface area contributed by atoms with Crippen LogP contribution in [0, 0.1) is 29.1 Å². The third-order valence-corrected chi connectivity index (χ3v) is 15.9. The van der Waals surface area contributed by atoms with Gasteiger partial charge in [0.05, 0.1) is 23.9 Å². The Morgan fingerprint density at radius 2 is 1.38 bits per heavy atom. The van der Waals surface area contributed by atoms with Crippen LogP contribution in [0.5, 0.6) is 0 Å². The number of nitrogens with one attached hydrogen (secondary N) is 3. The minimum Gasteiger partial charge on any atom is -0.282 e. The first kappa shape index (κ1) is 35.0. The van der Waals surface area contributed by atoms with Gasteiger partial charge in [0.2, 0.25) is 0 Å². The standard InChI is InChI=1S/C52H63N3/c1-3-15-34(16-4-1)49-53-50(35-17-5-2-6-18-35)55-51(54-49)40-22-14-21-38(32-40)36-19-13-20-37(31-36)39-29-30-44-43-25-9-12-28-47(43)52(48(44)33-39)45-26-10-7-23-41(45)42-24-8-11-27-46(42)52/h1,3,10-11,14-15,17,19,22,26-27,30,33,37-40,49-51,53-55H,2,4-9,12-13,16,18,20-21,23-25,28-29,31-32H2. The molecule has 3 N–H and O–H groups in total. The maximum atomic E-state index is 4.11. The van der Waals surface area contributed by atoms with E-state index < -0.39 is 0 Å². The van der Waals surface area contributed by atoms with E-state index in [-0.39, 0.29) is 23.9 Å². The summed E-state index contributed by atoms with van der Waals surface area (Å²) in [6.07, 6.45) is 59.0. The lowest BCUT2D eigenvalue weighted by atomic mass is 9.63. The zero-order valence-corrected chi connectivity index (χ0v) is 33.2. The number of allylic oxidation sites excluding steroid dienone is 21. The number of hydrogen-bond donors (Lipinski definition) is 3. The van der Waals surface area contributed by atoms with Crippen LogP contribution in [-0.4, -0.2) is 18.5 Å². The molecule has 0 saturated carbocycles. The van der Waals surface area contributed by atoms with Crippen molar-refractivity contribution in [3.8, 4) is 0 Å². The molecule has 1 spiro atoms. The predicted molar refractivity (Wildman–Crippen MR) is 228 cm³/mol. The average molecular weight is 730 g/mol. The predicted octanol–water partition coefficient (Wildman–Crippen LogP) is 11.9. The first-order chi connectivity index (χ1) is 27.3. The van der Waals surface area contributed by atoms with Crippen LogP contribution in [0.15, 0.2) is 140 Å². The second-order valence-corrected chi connectivity index (χ2v) is 18.8. The summed E-state index contributed by atoms with van der Waals surface area (Å²) in [5.41, 5.74) is 18.6. The highest BCUT2D eigenvalue weighted by Crippen LogP contribution is 2.69. The van der Waals surface area contributed by atoms with Crippen LogP contribution >= 0.6 is 0 Å². The fraction of sp³-hybridized carbons (Fsp3) is 0.538. The van der Waals surface area contributed by atoms with E-state index in [0.29, 0.717) is 17.8 Å². The molecule has 0 aromatic rings. The Morgan fingerprint density at radius 1 is 0.600 bits per heavy atom. The molecule has 1 heterocycles. The van der Waals surface area contributed by atoms with Crippen LogP contribution in [0.1, 0.15) is 128 Å². The Kier molecular flexibility index (Phi) is 9.29. The fourth-order valence-electron chi connectivity index (χ4n) is 13.3. The summed E-state index contributed by atoms with van der Waals surface area (Å²) in [7, 11) is 0. The zero-order chi connectivity index (χ0) is 36.3. The van der Waals surface area contributed by atoms with Crippen LogP contribution in [-0.2, 0) is 0 Å². The van der Waals surface area contributed by atoms with E-state index in [1.54, 1.807) is 55.7 Å². The van der Waals surface area contributed by atoms with Gasteiger partial charge < -0.3 is 0 Å². The van der Waals surface area contributed by atoms with Crippen molar-refractivity contribution in [3.63, 3.8) is 0 Å². The van der Waals surface area contributed by atoms with Crippen LogP contribution < -0.4 is 16.0 Å². The van der Waals surface area contributed by atoms with Gasteiger partial charge in [-0.2, -0.15) is 0 Å². The highest BCUT2D eigenvalue weighted by Gasteiger charge is 2.56. The number of fused-ring (bicyclic) bond motifs is 7. The summed E-state index contributed by atoms with van der Waals surface area (Å²) in [4.78, 5) is 0. The van der Waals surface area contributed by atoms with E-state index in [1.807, 2.05) is 0 Å². The second-order valence-electron chi connectivity index (χ2n) is 18.8. The molecule has 0 amide bonds. The Hall–Kier alpha value is -3.24. The summed E-state index contributed by atoms with van der Waals surface area (Å²) in [5, 5.41) is 12.2. The smallest absolute Gasteiger partial charge is 0.0824 e. The molecule has 11 aliphatic rings. The molecular formula is C52H63N3. The van der Waals surface area contributed by atoms with Crippen molar-refractivity contribution in [1.82, 2.24) is 16.0 Å². The van der Waals surface area contributed by atoms with E-state index in [9.17, 15) is 0 Å². The van der Waals surface area contributed by atoms with Crippen LogP contribution in [0.4, 0.5) is 0 Å². The molecule has 0 bridgehead atoms. The molecule has 7 unspecified atom stereocenters. The third kappa shape index (κ3) is 5.92. The second kappa shape index (κ2) is 14.6. The van der Waals surface area contributed by atoms with Gasteiger partial charge >= 0.3 is 0 Å². The van der Waals surface area contributed by atoms with Crippen molar-refractivity contribution in [3.05, 3.63) is 140 Å². The molecule has 3 nitrogen and oxygen atoms in total. The average Bonchev–Trinajstić information content (AvgIpc) is 3.74. The normalized spacial score (nSPS) is 36.5. The number of rotatable bonds is 5. The Balaban J connectivity index is 0.851. The lowest BCUT2D eigenvalue weighted by Gasteiger charge is -2.45. The first-order valence-electron chi connectivity index (χ1n) is 22.9. The van der Waals surface area contributed by atoms with Gasteiger partial charge in [0.25, 0.3) is 0 Å². The summed E-state index contributed by atoms with van der Waals surface area (Å²) >= 11 is 0. The lowest BCUT2D eigenvalue weighted by molar-refractivity contribution is 0.180. The molecular weight excluding hydrogens is 667 g/mol. The highest BCUT2D eigenvalue weighted by atomic mass is 15.4. The monoisotopic (exact) mass is 730 g/mol. The van der Waals surface area contributed by atoms with Crippen molar-refractivity contribution in [2.24, 2.45) is 29.1 Å². The summed E-state index contributed by atoms with van der Waals surface area (Å²) in [6.45, 7) is 0. The molecule has 3 heteroatoms. The van der Waals surface area contributed by atoms with Gasteiger partial charge in [0, 0.05) is 5.92 Å². The topological polar surface area (TPSA) is 36.1 Å². The largest absolute Gasteiger partial charge is 0.282 e. The van der Waals surface area contributed by atoms with E-state index in [2.05, 4.69) is 94.9 Å². The van der Waals surface area contributed by atoms with Crippen LogP contribution in [0.2, 0.25) is 0 Å². The van der Waals surface area contributed by atoms with Gasteiger partial charge in [0.1, 0.15) is 0 Å². The van der Waals surface area contributed by atoms with Crippen LogP contribution in [0.25, 0.3) is 0 Å². The van der Waals surface area contributed by atoms with Gasteiger partial charge in [-0.05, 0) is 202 Å². The summed E-state index contributed by atoms with van der Waals surface area (Å²) in [6, 6.07) is 0. The molecule has 286 valence electrons. The Labute approximate surface area is 331 Å². The van der Waals surface area contributed by atoms with Crippen molar-refractivity contribution >= 4 is 0 Å². The molecule has 1 saturated heterocycles. The molecule has 11 rings (SSSR count). The minimum absolute atomic E-state index is 0.00961. The third-order valence-electron chi connectivity index (χ3n) is 15.9. The molecule has 7 atom stereocenters. The fourth-order valence-corrected chi connectivity index (χ4v) is 13.3. The van der Waals surface area contributed by atoms with Crippen molar-refractivity contribution in [1.29, 1.82) is 0 Å². The molecule has 55 heavy (non-hydrogen) atoms. The van der Waals surface area contributed by atoms with E-state index >= 15 is 0 Å². The molecule has 0 aromatic heterocycles. The zero-order valence-electron chi connectivity index (χ0n) is 33.2. The van der Waals surface area contributed by atoms with Gasteiger partial charge in [-0.15, -0.1) is 0 Å². The van der Waals surface area contributed by atoms with Gasteiger partial charge in [-0.3, -0.25) is 16.0 Å².